The van der Waals surface area contributed by atoms with Gasteiger partial charge >= 0.3 is 17.8 Å². The van der Waals surface area contributed by atoms with E-state index in [4.69, 9.17) is 23.4 Å². The molecule has 1 amide bonds. The van der Waals surface area contributed by atoms with E-state index in [0.29, 0.717) is 11.5 Å². The van der Waals surface area contributed by atoms with Crippen LogP contribution in [0.3, 0.4) is 0 Å². The number of methoxy groups -OCH3 is 2. The second-order valence-electron chi connectivity index (χ2n) is 11.3. The van der Waals surface area contributed by atoms with Crippen LogP contribution in [-0.2, 0) is 26.4 Å². The summed E-state index contributed by atoms with van der Waals surface area (Å²) in [5.74, 6) is -0.850. The highest BCUT2D eigenvalue weighted by atomic mass is 19.4. The summed E-state index contributed by atoms with van der Waals surface area (Å²) in [6.07, 6.45) is -6.50. The van der Waals surface area contributed by atoms with Crippen molar-refractivity contribution in [2.24, 2.45) is 0 Å². The number of alkyl halides is 3. The third kappa shape index (κ3) is 6.88. The van der Waals surface area contributed by atoms with Crippen LogP contribution in [0.4, 0.5) is 13.2 Å². The molecular formula is C35H32F3N3O8. The first-order valence-electron chi connectivity index (χ1n) is 15.2. The molecule has 11 nitrogen and oxygen atoms in total. The normalized spacial score (nSPS) is 18.0. The molecule has 3 atom stereocenters. The van der Waals surface area contributed by atoms with Crippen LogP contribution in [0.5, 0.6) is 11.5 Å². The van der Waals surface area contributed by atoms with Gasteiger partial charge in [-0.15, -0.1) is 0 Å². The maximum atomic E-state index is 13.0. The van der Waals surface area contributed by atoms with Crippen LogP contribution >= 0.6 is 0 Å². The van der Waals surface area contributed by atoms with E-state index in [1.54, 1.807) is 19.5 Å². The Kier molecular flexibility index (Phi) is 9.45. The summed E-state index contributed by atoms with van der Waals surface area (Å²) in [5.41, 5.74) is 0.308. The Labute approximate surface area is 277 Å². The molecule has 49 heavy (non-hydrogen) atoms. The number of carbonyl (C=O) groups excluding carboxylic acids is 1. The van der Waals surface area contributed by atoms with E-state index in [9.17, 15) is 27.9 Å². The van der Waals surface area contributed by atoms with E-state index in [-0.39, 0.29) is 29.9 Å². The van der Waals surface area contributed by atoms with Gasteiger partial charge in [-0.2, -0.15) is 18.2 Å². The lowest BCUT2D eigenvalue weighted by Gasteiger charge is -2.37. The summed E-state index contributed by atoms with van der Waals surface area (Å²) >= 11 is 0. The molecule has 256 valence electrons. The fourth-order valence-electron chi connectivity index (χ4n) is 5.86. The van der Waals surface area contributed by atoms with Crippen molar-refractivity contribution in [2.75, 3.05) is 20.8 Å². The first-order valence-corrected chi connectivity index (χ1v) is 15.2. The Balaban J connectivity index is 1.28. The van der Waals surface area contributed by atoms with Crippen molar-refractivity contribution in [1.82, 2.24) is 14.9 Å². The van der Waals surface area contributed by atoms with E-state index < -0.39 is 48.4 Å². The third-order valence-corrected chi connectivity index (χ3v) is 8.32. The molecule has 0 unspecified atom stereocenters. The number of aliphatic hydroxyl groups is 1. The number of amides is 1. The van der Waals surface area contributed by atoms with Gasteiger partial charge < -0.3 is 33.8 Å². The molecule has 14 heteroatoms. The SMILES string of the molecule is COc1ccc(C(OC[C@H]2O[C@@H](n3cc4cc(CNC(=O)C(F)(F)F)oc4nc3=O)C[C@@H]2O)(c2ccccc2)c2ccc(OC)cc2)cc1. The van der Waals surface area contributed by atoms with Crippen molar-refractivity contribution in [3.63, 3.8) is 0 Å². The Morgan fingerprint density at radius 3 is 2.12 bits per heavy atom. The van der Waals surface area contributed by atoms with E-state index in [2.05, 4.69) is 4.98 Å². The van der Waals surface area contributed by atoms with Crippen LogP contribution in [0.15, 0.2) is 100 Å². The van der Waals surface area contributed by atoms with Gasteiger partial charge in [-0.1, -0.05) is 54.6 Å². The largest absolute Gasteiger partial charge is 0.497 e. The number of halogens is 3. The highest BCUT2D eigenvalue weighted by Gasteiger charge is 2.42. The second-order valence-corrected chi connectivity index (χ2v) is 11.3. The number of aromatic nitrogens is 2. The molecule has 0 bridgehead atoms. The fraction of sp³-hybridized carbons (Fsp3) is 0.286. The molecule has 3 heterocycles. The topological polar surface area (TPSA) is 134 Å². The number of carbonyl (C=O) groups is 1. The molecular weight excluding hydrogens is 647 g/mol. The number of aliphatic hydroxyl groups excluding tert-OH is 1. The predicted molar refractivity (Wildman–Crippen MR) is 169 cm³/mol. The van der Waals surface area contributed by atoms with Crippen LogP contribution in [-0.4, -0.2) is 59.8 Å². The predicted octanol–water partition coefficient (Wildman–Crippen LogP) is 4.84. The van der Waals surface area contributed by atoms with Crippen molar-refractivity contribution in [2.45, 2.75) is 43.2 Å². The molecule has 1 fully saturated rings. The quantitative estimate of drug-likeness (QED) is 0.188. The highest BCUT2D eigenvalue weighted by molar-refractivity contribution is 5.81. The van der Waals surface area contributed by atoms with Gasteiger partial charge in [0.2, 0.25) is 5.71 Å². The van der Waals surface area contributed by atoms with Gasteiger partial charge in [0.1, 0.15) is 35.2 Å². The molecule has 0 spiro atoms. The van der Waals surface area contributed by atoms with E-state index in [1.165, 1.54) is 16.8 Å². The Morgan fingerprint density at radius 1 is 0.959 bits per heavy atom. The molecule has 2 N–H and O–H groups in total. The van der Waals surface area contributed by atoms with Gasteiger partial charge in [0, 0.05) is 12.6 Å². The van der Waals surface area contributed by atoms with Crippen LogP contribution in [0.25, 0.3) is 11.1 Å². The summed E-state index contributed by atoms with van der Waals surface area (Å²) in [5, 5.41) is 13.1. The number of hydrogen-bond donors (Lipinski definition) is 2. The maximum Gasteiger partial charge on any atom is 0.471 e. The summed E-state index contributed by atoms with van der Waals surface area (Å²) in [6, 6.07) is 25.9. The number of fused-ring (bicyclic) bond motifs is 1. The van der Waals surface area contributed by atoms with Crippen molar-refractivity contribution in [3.05, 3.63) is 124 Å². The second kappa shape index (κ2) is 13.7. The van der Waals surface area contributed by atoms with Crippen LogP contribution in [0.1, 0.15) is 35.1 Å². The minimum Gasteiger partial charge on any atom is -0.497 e. The molecule has 0 aliphatic carbocycles. The third-order valence-electron chi connectivity index (χ3n) is 8.32. The highest BCUT2D eigenvalue weighted by Crippen LogP contribution is 2.42. The summed E-state index contributed by atoms with van der Waals surface area (Å²) in [4.78, 5) is 28.1. The molecule has 1 saturated heterocycles. The first kappa shape index (κ1) is 33.7. The summed E-state index contributed by atoms with van der Waals surface area (Å²) in [6.45, 7) is -0.656. The Morgan fingerprint density at radius 2 is 1.55 bits per heavy atom. The van der Waals surface area contributed by atoms with Crippen LogP contribution in [0, 0.1) is 0 Å². The summed E-state index contributed by atoms with van der Waals surface area (Å²) in [7, 11) is 3.16. The number of nitrogens with zero attached hydrogens (tertiary/aromatic N) is 2. The van der Waals surface area contributed by atoms with Crippen molar-refractivity contribution in [3.8, 4) is 11.5 Å². The number of furan rings is 1. The van der Waals surface area contributed by atoms with Gasteiger partial charge in [0.15, 0.2) is 0 Å². The molecule has 2 aromatic heterocycles. The zero-order valence-electron chi connectivity index (χ0n) is 26.3. The number of nitrogens with one attached hydrogen (secondary N) is 1. The molecule has 1 aliphatic rings. The number of hydrogen-bond acceptors (Lipinski definition) is 9. The zero-order valence-corrected chi connectivity index (χ0v) is 26.3. The van der Waals surface area contributed by atoms with E-state index >= 15 is 0 Å². The van der Waals surface area contributed by atoms with Gasteiger partial charge in [0.25, 0.3) is 0 Å². The number of rotatable bonds is 11. The van der Waals surface area contributed by atoms with Crippen molar-refractivity contribution < 1.29 is 46.4 Å². The average Bonchev–Trinajstić information content (AvgIpc) is 3.69. The minimum atomic E-state index is -5.06. The summed E-state index contributed by atoms with van der Waals surface area (Å²) < 4.78 is 68.1. The lowest BCUT2D eigenvalue weighted by Crippen LogP contribution is -2.38. The standard InChI is InChI=1S/C35H32F3N3O8/c1-45-25-12-8-23(9-13-25)34(22-6-4-3-5-7-22,24-10-14-26(46-2)15-11-24)47-20-29-28(42)17-30(49-29)41-19-21-16-27(48-31(21)40-33(41)44)18-39-32(43)35(36,37)38/h3-16,19,28-30,42H,17-18,20H2,1-2H3,(H,39,43)/t28-,29+,30+/m0/s1. The van der Waals surface area contributed by atoms with Gasteiger partial charge in [-0.25, -0.2) is 4.79 Å². The van der Waals surface area contributed by atoms with E-state index in [1.807, 2.05) is 78.9 Å². The van der Waals surface area contributed by atoms with Crippen LogP contribution in [0.2, 0.25) is 0 Å². The molecule has 0 radical (unpaired) electrons. The van der Waals surface area contributed by atoms with Crippen molar-refractivity contribution in [1.29, 1.82) is 0 Å². The maximum absolute atomic E-state index is 13.0. The fourth-order valence-corrected chi connectivity index (χ4v) is 5.86. The molecule has 1 aliphatic heterocycles. The van der Waals surface area contributed by atoms with Crippen molar-refractivity contribution >= 4 is 17.0 Å². The van der Waals surface area contributed by atoms with E-state index in [0.717, 1.165) is 16.7 Å². The van der Waals surface area contributed by atoms with Gasteiger partial charge in [-0.05, 0) is 47.0 Å². The first-order chi connectivity index (χ1) is 23.5. The van der Waals surface area contributed by atoms with Gasteiger partial charge in [-0.3, -0.25) is 9.36 Å². The Hall–Kier alpha value is -5.18. The molecule has 5 aromatic rings. The smallest absolute Gasteiger partial charge is 0.471 e. The molecule has 3 aromatic carbocycles. The minimum absolute atomic E-state index is 0.0247. The van der Waals surface area contributed by atoms with Crippen LogP contribution < -0.4 is 20.5 Å². The molecule has 6 rings (SSSR count). The average molecular weight is 680 g/mol. The lowest BCUT2D eigenvalue weighted by atomic mass is 9.80. The zero-order chi connectivity index (χ0) is 34.8. The number of benzene rings is 3. The monoisotopic (exact) mass is 679 g/mol. The molecule has 0 saturated carbocycles. The number of ether oxygens (including phenoxy) is 4. The lowest BCUT2D eigenvalue weighted by molar-refractivity contribution is -0.173. The van der Waals surface area contributed by atoms with Gasteiger partial charge in [0.05, 0.1) is 38.9 Å². The Bertz CT molecular complexity index is 1910.